The van der Waals surface area contributed by atoms with Crippen LogP contribution in [-0.2, 0) is 21.1 Å². The van der Waals surface area contributed by atoms with Gasteiger partial charge in [0.2, 0.25) is 5.91 Å². The summed E-state index contributed by atoms with van der Waals surface area (Å²) in [5.41, 5.74) is 0.817. The van der Waals surface area contributed by atoms with Gasteiger partial charge in [0.25, 0.3) is 0 Å². The Hall–Kier alpha value is -2.41. The minimum atomic E-state index is -3.21. The summed E-state index contributed by atoms with van der Waals surface area (Å²) in [6.07, 6.45) is 6.54. The van der Waals surface area contributed by atoms with Crippen LogP contribution in [0.3, 0.4) is 0 Å². The van der Waals surface area contributed by atoms with Crippen LogP contribution < -0.4 is 4.74 Å². The fourth-order valence-corrected chi connectivity index (χ4v) is 3.60. The number of carbonyl (C=O) groups excluding carboxylic acids is 1. The number of nitrogens with zero attached hydrogens (tertiary/aromatic N) is 2. The Labute approximate surface area is 153 Å². The van der Waals surface area contributed by atoms with Crippen molar-refractivity contribution in [1.29, 1.82) is 0 Å². The molecule has 0 spiro atoms. The third-order valence-electron chi connectivity index (χ3n) is 4.45. The average molecular weight is 374 g/mol. The van der Waals surface area contributed by atoms with Gasteiger partial charge in [0.1, 0.15) is 11.9 Å². The summed E-state index contributed by atoms with van der Waals surface area (Å²) in [6, 6.07) is 10.2. The number of hydrogen-bond acceptors (Lipinski definition) is 5. The number of likely N-dealkylation sites (tertiary alicyclic amines) is 1. The van der Waals surface area contributed by atoms with E-state index in [1.165, 1.54) is 6.26 Å². The molecule has 26 heavy (non-hydrogen) atoms. The van der Waals surface area contributed by atoms with E-state index in [2.05, 4.69) is 4.98 Å². The van der Waals surface area contributed by atoms with Crippen LogP contribution in [0.5, 0.6) is 5.75 Å². The van der Waals surface area contributed by atoms with Gasteiger partial charge in [0.05, 0.1) is 11.3 Å². The summed E-state index contributed by atoms with van der Waals surface area (Å²) in [4.78, 5) is 18.5. The summed E-state index contributed by atoms with van der Waals surface area (Å²) in [5.74, 6) is 0.857. The van der Waals surface area contributed by atoms with Crippen molar-refractivity contribution in [2.45, 2.75) is 30.3 Å². The molecule has 1 aromatic heterocycles. The quantitative estimate of drug-likeness (QED) is 0.801. The molecule has 0 saturated carbocycles. The van der Waals surface area contributed by atoms with Crippen molar-refractivity contribution >= 4 is 15.7 Å². The lowest BCUT2D eigenvalue weighted by atomic mass is 10.1. The number of carbonyl (C=O) groups is 1. The first-order valence-electron chi connectivity index (χ1n) is 8.55. The number of aromatic nitrogens is 1. The largest absolute Gasteiger partial charge is 0.490 e. The van der Waals surface area contributed by atoms with Crippen molar-refractivity contribution in [3.63, 3.8) is 0 Å². The highest BCUT2D eigenvalue weighted by Gasteiger charge is 2.24. The van der Waals surface area contributed by atoms with E-state index in [0.29, 0.717) is 13.1 Å². The Kier molecular flexibility index (Phi) is 5.56. The van der Waals surface area contributed by atoms with Crippen molar-refractivity contribution in [3.8, 4) is 5.75 Å². The van der Waals surface area contributed by atoms with Gasteiger partial charge in [-0.15, -0.1) is 0 Å². The van der Waals surface area contributed by atoms with Crippen LogP contribution in [0.15, 0.2) is 53.7 Å². The van der Waals surface area contributed by atoms with Gasteiger partial charge in [-0.25, -0.2) is 8.42 Å². The molecule has 3 rings (SSSR count). The second kappa shape index (κ2) is 7.86. The number of ether oxygens (including phenoxy) is 1. The van der Waals surface area contributed by atoms with Crippen LogP contribution in [0.4, 0.5) is 0 Å². The predicted octanol–water partition coefficient (Wildman–Crippen LogP) is 2.10. The van der Waals surface area contributed by atoms with Gasteiger partial charge in [0.15, 0.2) is 9.84 Å². The first-order valence-corrected chi connectivity index (χ1v) is 10.4. The normalized spacial score (nSPS) is 15.7. The van der Waals surface area contributed by atoms with Crippen LogP contribution in [-0.4, -0.2) is 49.7 Å². The molecule has 1 aliphatic rings. The maximum Gasteiger partial charge on any atom is 0.226 e. The minimum absolute atomic E-state index is 0.0551. The van der Waals surface area contributed by atoms with E-state index in [-0.39, 0.29) is 23.3 Å². The lowest BCUT2D eigenvalue weighted by molar-refractivity contribution is -0.132. The second-order valence-corrected chi connectivity index (χ2v) is 8.49. The molecule has 1 aliphatic heterocycles. The number of rotatable bonds is 5. The maximum absolute atomic E-state index is 12.5. The summed E-state index contributed by atoms with van der Waals surface area (Å²) in [7, 11) is -3.21. The summed E-state index contributed by atoms with van der Waals surface area (Å²) < 4.78 is 28.9. The van der Waals surface area contributed by atoms with E-state index in [1.54, 1.807) is 36.7 Å². The molecule has 2 heterocycles. The Morgan fingerprint density at radius 3 is 2.31 bits per heavy atom. The van der Waals surface area contributed by atoms with E-state index in [0.717, 1.165) is 24.2 Å². The van der Waals surface area contributed by atoms with E-state index < -0.39 is 9.84 Å². The SMILES string of the molecule is CS(=O)(=O)c1ccc(CC(=O)N2CCC(Oc3ccncc3)CC2)cc1. The summed E-state index contributed by atoms with van der Waals surface area (Å²) in [6.45, 7) is 1.33. The number of amides is 1. The van der Waals surface area contributed by atoms with E-state index >= 15 is 0 Å². The molecule has 2 aromatic rings. The highest BCUT2D eigenvalue weighted by atomic mass is 32.2. The zero-order valence-electron chi connectivity index (χ0n) is 14.7. The molecule has 6 nitrogen and oxygen atoms in total. The number of benzene rings is 1. The molecule has 0 bridgehead atoms. The molecule has 0 atom stereocenters. The highest BCUT2D eigenvalue weighted by molar-refractivity contribution is 7.90. The molecule has 7 heteroatoms. The molecule has 1 fully saturated rings. The number of pyridine rings is 1. The molecular weight excluding hydrogens is 352 g/mol. The first-order chi connectivity index (χ1) is 12.4. The van der Waals surface area contributed by atoms with Crippen molar-refractivity contribution in [3.05, 3.63) is 54.4 Å². The minimum Gasteiger partial charge on any atom is -0.490 e. The van der Waals surface area contributed by atoms with Crippen LogP contribution in [0.1, 0.15) is 18.4 Å². The fourth-order valence-electron chi connectivity index (χ4n) is 2.97. The van der Waals surface area contributed by atoms with Gasteiger partial charge in [-0.05, 0) is 29.8 Å². The Bertz CT molecular complexity index is 843. The van der Waals surface area contributed by atoms with Gasteiger partial charge >= 0.3 is 0 Å². The Morgan fingerprint density at radius 1 is 1.12 bits per heavy atom. The standard InChI is InChI=1S/C19H22N2O4S/c1-26(23,24)18-4-2-15(3-5-18)14-19(22)21-12-8-17(9-13-21)25-16-6-10-20-11-7-16/h2-7,10-11,17H,8-9,12-14H2,1H3. The molecule has 0 radical (unpaired) electrons. The van der Waals surface area contributed by atoms with E-state index in [1.807, 2.05) is 17.0 Å². The van der Waals surface area contributed by atoms with Gasteiger partial charge in [-0.1, -0.05) is 12.1 Å². The summed E-state index contributed by atoms with van der Waals surface area (Å²) >= 11 is 0. The average Bonchev–Trinajstić information content (AvgIpc) is 2.63. The zero-order chi connectivity index (χ0) is 18.6. The van der Waals surface area contributed by atoms with Crippen molar-refractivity contribution in [1.82, 2.24) is 9.88 Å². The second-order valence-electron chi connectivity index (χ2n) is 6.47. The molecule has 0 aliphatic carbocycles. The van der Waals surface area contributed by atoms with Crippen LogP contribution in [0.25, 0.3) is 0 Å². The van der Waals surface area contributed by atoms with Crippen LogP contribution in [0.2, 0.25) is 0 Å². The molecule has 0 N–H and O–H groups in total. The van der Waals surface area contributed by atoms with Crippen molar-refractivity contribution in [2.24, 2.45) is 0 Å². The smallest absolute Gasteiger partial charge is 0.226 e. The molecular formula is C19H22N2O4S. The number of sulfone groups is 1. The van der Waals surface area contributed by atoms with E-state index in [4.69, 9.17) is 4.74 Å². The van der Waals surface area contributed by atoms with Gasteiger partial charge < -0.3 is 9.64 Å². The monoisotopic (exact) mass is 374 g/mol. The summed E-state index contributed by atoms with van der Waals surface area (Å²) in [5, 5.41) is 0. The van der Waals surface area contributed by atoms with Gasteiger partial charge in [-0.3, -0.25) is 9.78 Å². The highest BCUT2D eigenvalue weighted by Crippen LogP contribution is 2.19. The first kappa shape index (κ1) is 18.4. The molecule has 1 aromatic carbocycles. The zero-order valence-corrected chi connectivity index (χ0v) is 15.5. The van der Waals surface area contributed by atoms with Crippen molar-refractivity contribution < 1.29 is 17.9 Å². The van der Waals surface area contributed by atoms with Crippen LogP contribution >= 0.6 is 0 Å². The van der Waals surface area contributed by atoms with Crippen LogP contribution in [0, 0.1) is 0 Å². The topological polar surface area (TPSA) is 76.6 Å². The van der Waals surface area contributed by atoms with Gasteiger partial charge in [0, 0.05) is 44.6 Å². The molecule has 0 unspecified atom stereocenters. The Balaban J connectivity index is 1.50. The third kappa shape index (κ3) is 4.82. The Morgan fingerprint density at radius 2 is 1.73 bits per heavy atom. The molecule has 1 amide bonds. The lowest BCUT2D eigenvalue weighted by Gasteiger charge is -2.32. The van der Waals surface area contributed by atoms with E-state index in [9.17, 15) is 13.2 Å². The van der Waals surface area contributed by atoms with Gasteiger partial charge in [-0.2, -0.15) is 0 Å². The fraction of sp³-hybridized carbons (Fsp3) is 0.368. The molecule has 1 saturated heterocycles. The third-order valence-corrected chi connectivity index (χ3v) is 5.58. The predicted molar refractivity (Wildman–Crippen MR) is 97.7 cm³/mol. The number of piperidine rings is 1. The van der Waals surface area contributed by atoms with Crippen molar-refractivity contribution in [2.75, 3.05) is 19.3 Å². The maximum atomic E-state index is 12.5. The number of hydrogen-bond donors (Lipinski definition) is 0. The molecule has 138 valence electrons. The lowest BCUT2D eigenvalue weighted by Crippen LogP contribution is -2.42.